The van der Waals surface area contributed by atoms with Crippen LogP contribution in [0.1, 0.15) is 11.5 Å². The highest BCUT2D eigenvalue weighted by atomic mass is 32.2. The first-order valence-corrected chi connectivity index (χ1v) is 12.8. The van der Waals surface area contributed by atoms with Crippen molar-refractivity contribution < 1.29 is 28.9 Å². The Bertz CT molecular complexity index is 1390. The summed E-state index contributed by atoms with van der Waals surface area (Å²) in [6, 6.07) is 4.58. The first-order chi connectivity index (χ1) is 17.9. The van der Waals surface area contributed by atoms with Gasteiger partial charge in [-0.3, -0.25) is 19.6 Å². The number of rotatable bonds is 9. The molecule has 5 heterocycles. The molecule has 5 rings (SSSR count). The summed E-state index contributed by atoms with van der Waals surface area (Å²) in [7, 11) is 0. The maximum atomic E-state index is 13.1. The van der Waals surface area contributed by atoms with Crippen LogP contribution in [0.3, 0.4) is 0 Å². The summed E-state index contributed by atoms with van der Waals surface area (Å²) in [5.74, 6) is -1.67. The Morgan fingerprint density at radius 3 is 2.84 bits per heavy atom. The van der Waals surface area contributed by atoms with E-state index in [2.05, 4.69) is 30.6 Å². The van der Waals surface area contributed by atoms with E-state index < -0.39 is 29.2 Å². The Hall–Kier alpha value is -4.31. The van der Waals surface area contributed by atoms with Crippen molar-refractivity contribution in [2.24, 2.45) is 5.16 Å². The molecule has 5 N–H and O–H groups in total. The Balaban J connectivity index is 1.32. The number of β-lactam (4-membered cyclic amide) rings is 1. The van der Waals surface area contributed by atoms with Crippen LogP contribution in [0.25, 0.3) is 0 Å². The third-order valence-electron chi connectivity index (χ3n) is 5.49. The van der Waals surface area contributed by atoms with E-state index in [9.17, 15) is 19.5 Å². The minimum absolute atomic E-state index is 0.0628. The first kappa shape index (κ1) is 24.4. The van der Waals surface area contributed by atoms with E-state index in [4.69, 9.17) is 10.6 Å². The highest BCUT2D eigenvalue weighted by Crippen LogP contribution is 2.40. The lowest BCUT2D eigenvalue weighted by Crippen LogP contribution is -2.71. The molecule has 0 radical (unpaired) electrons. The third kappa shape index (κ3) is 5.01. The summed E-state index contributed by atoms with van der Waals surface area (Å²) in [5.41, 5.74) is 6.24. The summed E-state index contributed by atoms with van der Waals surface area (Å²) in [6.45, 7) is 0.244. The van der Waals surface area contributed by atoms with Crippen molar-refractivity contribution in [1.82, 2.24) is 30.4 Å². The molecule has 1 fully saturated rings. The van der Waals surface area contributed by atoms with E-state index in [1.807, 2.05) is 35.2 Å². The van der Waals surface area contributed by atoms with E-state index in [0.29, 0.717) is 23.7 Å². The third-order valence-corrected chi connectivity index (χ3v) is 7.50. The number of H-pyrrole nitrogens is 1. The number of carboxylic acids is 1. The fourth-order valence-electron chi connectivity index (χ4n) is 3.83. The molecule has 16 heteroatoms. The number of anilines is 1. The average molecular weight is 543 g/mol. The fourth-order valence-corrected chi connectivity index (χ4v) is 5.72. The molecule has 0 aliphatic carbocycles. The van der Waals surface area contributed by atoms with Gasteiger partial charge in [0, 0.05) is 28.8 Å². The number of thioether (sulfide) groups is 1. The van der Waals surface area contributed by atoms with E-state index in [0.717, 1.165) is 11.3 Å². The first-order valence-electron chi connectivity index (χ1n) is 10.8. The van der Waals surface area contributed by atoms with Crippen LogP contribution in [0.4, 0.5) is 5.13 Å². The van der Waals surface area contributed by atoms with E-state index in [1.165, 1.54) is 28.4 Å². The summed E-state index contributed by atoms with van der Waals surface area (Å²) in [6.07, 6.45) is 4.94. The number of carbonyl (C=O) groups is 3. The standard InChI is InChI=1S/C21H19N9O5S2/c22-21-25-12(9-37-21)14(28-35-7-13-23-10-24-27-13)17(31)26-15-18(32)30-16(20(33)34)11(8-36-19(15)30)6-29-4-2-1-3-5-29/h1-5,9-10,15,19H,6-8H2,(H4-,22,23,24,25,26,27,31,33,34)/p+1/t15-,19+/m1/s1. The number of nitrogen functional groups attached to an aromatic ring is 1. The molecule has 0 bridgehead atoms. The van der Waals surface area contributed by atoms with Gasteiger partial charge < -0.3 is 21.0 Å². The predicted octanol–water partition coefficient (Wildman–Crippen LogP) is -0.509. The van der Waals surface area contributed by atoms with Crippen molar-refractivity contribution in [1.29, 1.82) is 0 Å². The van der Waals surface area contributed by atoms with Crippen LogP contribution in [0.5, 0.6) is 0 Å². The molecule has 37 heavy (non-hydrogen) atoms. The summed E-state index contributed by atoms with van der Waals surface area (Å²) < 4.78 is 1.84. The topological polar surface area (TPSA) is 193 Å². The van der Waals surface area contributed by atoms with Crippen molar-refractivity contribution in [3.63, 3.8) is 0 Å². The molecule has 2 amide bonds. The number of fused-ring (bicyclic) bond motifs is 1. The Labute approximate surface area is 217 Å². The molecule has 14 nitrogen and oxygen atoms in total. The number of oxime groups is 1. The van der Waals surface area contributed by atoms with Crippen molar-refractivity contribution in [2.75, 3.05) is 11.5 Å². The smallest absolute Gasteiger partial charge is 0.352 e. The lowest BCUT2D eigenvalue weighted by atomic mass is 10.0. The number of aromatic amines is 1. The van der Waals surface area contributed by atoms with Gasteiger partial charge in [-0.1, -0.05) is 11.2 Å². The van der Waals surface area contributed by atoms with Gasteiger partial charge in [-0.05, 0) is 0 Å². The second kappa shape index (κ2) is 10.4. The molecular weight excluding hydrogens is 522 g/mol. The number of carbonyl (C=O) groups excluding carboxylic acids is 2. The van der Waals surface area contributed by atoms with Gasteiger partial charge in [0.2, 0.25) is 0 Å². The lowest BCUT2D eigenvalue weighted by Gasteiger charge is -2.49. The number of amides is 2. The number of carboxylic acid groups (broad SMARTS) is 1. The number of nitrogens with two attached hydrogens (primary N) is 1. The molecule has 0 unspecified atom stereocenters. The summed E-state index contributed by atoms with van der Waals surface area (Å²) in [4.78, 5) is 52.8. The zero-order valence-corrected chi connectivity index (χ0v) is 20.6. The maximum absolute atomic E-state index is 13.1. The molecule has 2 aliphatic rings. The second-order valence-corrected chi connectivity index (χ2v) is 9.88. The highest BCUT2D eigenvalue weighted by molar-refractivity contribution is 8.00. The van der Waals surface area contributed by atoms with Gasteiger partial charge in [0.1, 0.15) is 29.1 Å². The van der Waals surface area contributed by atoms with E-state index in [-0.39, 0.29) is 28.8 Å². The minimum Gasteiger partial charge on any atom is -0.477 e. The number of pyridine rings is 1. The fraction of sp³-hybridized carbons (Fsp3) is 0.238. The predicted molar refractivity (Wildman–Crippen MR) is 131 cm³/mol. The number of hydrogen-bond donors (Lipinski definition) is 4. The van der Waals surface area contributed by atoms with E-state index in [1.54, 1.807) is 0 Å². The number of hydrogen-bond acceptors (Lipinski definition) is 11. The number of aliphatic carboxylic acids is 1. The molecular formula is C21H20N9O5S2+. The lowest BCUT2D eigenvalue weighted by molar-refractivity contribution is -0.689. The van der Waals surface area contributed by atoms with Gasteiger partial charge in [-0.2, -0.15) is 5.10 Å². The molecule has 0 saturated carbocycles. The monoisotopic (exact) mass is 542 g/mol. The van der Waals surface area contributed by atoms with Crippen molar-refractivity contribution in [3.8, 4) is 0 Å². The zero-order chi connectivity index (χ0) is 25.9. The molecule has 0 aromatic carbocycles. The van der Waals surface area contributed by atoms with Crippen LogP contribution in [-0.4, -0.2) is 70.8 Å². The molecule has 3 aromatic rings. The normalized spacial score (nSPS) is 19.3. The number of thiazole rings is 1. The minimum atomic E-state index is -1.20. The number of aromatic nitrogens is 5. The van der Waals surface area contributed by atoms with Gasteiger partial charge >= 0.3 is 5.97 Å². The molecule has 1 saturated heterocycles. The van der Waals surface area contributed by atoms with Crippen LogP contribution in [0, 0.1) is 0 Å². The second-order valence-electron chi connectivity index (χ2n) is 7.88. The molecule has 0 spiro atoms. The van der Waals surface area contributed by atoms with Crippen molar-refractivity contribution in [3.05, 3.63) is 65.1 Å². The van der Waals surface area contributed by atoms with Crippen LogP contribution >= 0.6 is 23.1 Å². The molecule has 3 aromatic heterocycles. The average Bonchev–Trinajstić information content (AvgIpc) is 3.57. The number of nitrogens with zero attached hydrogens (tertiary/aromatic N) is 6. The quantitative estimate of drug-likeness (QED) is 0.118. The van der Waals surface area contributed by atoms with Gasteiger partial charge in [-0.25, -0.2) is 19.3 Å². The molecule has 2 aliphatic heterocycles. The highest BCUT2D eigenvalue weighted by Gasteiger charge is 2.54. The van der Waals surface area contributed by atoms with Crippen LogP contribution < -0.4 is 15.6 Å². The molecule has 190 valence electrons. The van der Waals surface area contributed by atoms with Crippen molar-refractivity contribution >= 4 is 51.7 Å². The Kier molecular flexibility index (Phi) is 6.82. The van der Waals surface area contributed by atoms with Gasteiger partial charge in [0.05, 0.1) is 0 Å². The van der Waals surface area contributed by atoms with Crippen molar-refractivity contribution in [2.45, 2.75) is 24.6 Å². The Morgan fingerprint density at radius 2 is 2.16 bits per heavy atom. The Morgan fingerprint density at radius 1 is 1.35 bits per heavy atom. The number of nitrogens with one attached hydrogen (secondary N) is 2. The van der Waals surface area contributed by atoms with Gasteiger partial charge in [-0.15, -0.1) is 23.1 Å². The van der Waals surface area contributed by atoms with Crippen LogP contribution in [-0.2, 0) is 32.4 Å². The summed E-state index contributed by atoms with van der Waals surface area (Å²) in [5, 5.41) is 23.9. The van der Waals surface area contributed by atoms with E-state index >= 15 is 0 Å². The van der Waals surface area contributed by atoms with Gasteiger partial charge in [0.15, 0.2) is 42.2 Å². The van der Waals surface area contributed by atoms with Gasteiger partial charge in [0.25, 0.3) is 11.8 Å². The summed E-state index contributed by atoms with van der Waals surface area (Å²) >= 11 is 2.49. The SMILES string of the molecule is Nc1nc(C(=NOCc2ncn[nH]2)C(=O)N[C@@H]2C(=O)N3C(C(=O)O)=C(C[n+]4ccccc4)CS[C@@H]23)cs1. The zero-order valence-electron chi connectivity index (χ0n) is 19.0. The van der Waals surface area contributed by atoms with Crippen LogP contribution in [0.2, 0.25) is 0 Å². The molecule has 2 atom stereocenters. The largest absolute Gasteiger partial charge is 0.477 e. The maximum Gasteiger partial charge on any atom is 0.352 e. The van der Waals surface area contributed by atoms with Crippen LogP contribution in [0.15, 0.2) is 58.7 Å².